The summed E-state index contributed by atoms with van der Waals surface area (Å²) in [6.07, 6.45) is 1.58. The second-order valence-electron chi connectivity index (χ2n) is 3.31. The van der Waals surface area contributed by atoms with Gasteiger partial charge in [-0.1, -0.05) is 11.6 Å². The average molecular weight is 253 g/mol. The van der Waals surface area contributed by atoms with Gasteiger partial charge in [0.15, 0.2) is 0 Å². The fraction of sp³-hybridized carbons (Fsp3) is 0.0909. The fourth-order valence-corrected chi connectivity index (χ4v) is 2.20. The molecular weight excluding hydrogens is 244 g/mol. The van der Waals surface area contributed by atoms with Crippen LogP contribution in [-0.4, -0.2) is 10.8 Å². The standard InChI is InChI=1S/C11H9ClN2OS/c1-6-14-5-10(16-6)11(15)7-2-3-9(13)8(12)4-7/h2-5H,13H2,1H3. The Bertz CT molecular complexity index is 551. The molecule has 0 radical (unpaired) electrons. The third-order valence-electron chi connectivity index (χ3n) is 2.11. The van der Waals surface area contributed by atoms with Crippen LogP contribution >= 0.6 is 22.9 Å². The van der Waals surface area contributed by atoms with Crippen molar-refractivity contribution < 1.29 is 4.79 Å². The lowest BCUT2D eigenvalue weighted by molar-refractivity contribution is 0.104. The van der Waals surface area contributed by atoms with E-state index in [-0.39, 0.29) is 5.78 Å². The van der Waals surface area contributed by atoms with Gasteiger partial charge in [0.1, 0.15) is 0 Å². The van der Waals surface area contributed by atoms with Crippen molar-refractivity contribution in [2.45, 2.75) is 6.92 Å². The number of hydrogen-bond donors (Lipinski definition) is 1. The van der Waals surface area contributed by atoms with Crippen molar-refractivity contribution in [1.82, 2.24) is 4.98 Å². The van der Waals surface area contributed by atoms with E-state index in [0.29, 0.717) is 21.2 Å². The van der Waals surface area contributed by atoms with Crippen LogP contribution in [0.1, 0.15) is 20.2 Å². The zero-order valence-corrected chi connectivity index (χ0v) is 10.1. The van der Waals surface area contributed by atoms with Gasteiger partial charge >= 0.3 is 0 Å². The summed E-state index contributed by atoms with van der Waals surface area (Å²) < 4.78 is 0. The second kappa shape index (κ2) is 4.23. The van der Waals surface area contributed by atoms with Gasteiger partial charge in [-0.05, 0) is 25.1 Å². The van der Waals surface area contributed by atoms with Crippen LogP contribution in [0.4, 0.5) is 5.69 Å². The van der Waals surface area contributed by atoms with Crippen LogP contribution < -0.4 is 5.73 Å². The van der Waals surface area contributed by atoms with Gasteiger partial charge in [-0.2, -0.15) is 0 Å². The molecule has 0 unspecified atom stereocenters. The number of benzene rings is 1. The Balaban J connectivity index is 2.38. The molecule has 2 aromatic rings. The topological polar surface area (TPSA) is 56.0 Å². The van der Waals surface area contributed by atoms with Crippen molar-refractivity contribution in [3.63, 3.8) is 0 Å². The number of anilines is 1. The molecular formula is C11H9ClN2OS. The van der Waals surface area contributed by atoms with Gasteiger partial charge in [0.05, 0.1) is 20.6 Å². The number of nitrogens with zero attached hydrogens (tertiary/aromatic N) is 1. The van der Waals surface area contributed by atoms with Crippen LogP contribution in [0.3, 0.4) is 0 Å². The SMILES string of the molecule is Cc1ncc(C(=O)c2ccc(N)c(Cl)c2)s1. The number of halogens is 1. The molecule has 0 spiro atoms. The average Bonchev–Trinajstić information content (AvgIpc) is 2.68. The maximum Gasteiger partial charge on any atom is 0.204 e. The molecule has 0 aliphatic heterocycles. The Labute approximate surface area is 102 Å². The van der Waals surface area contributed by atoms with Crippen LogP contribution in [0, 0.1) is 6.92 Å². The molecule has 0 saturated carbocycles. The van der Waals surface area contributed by atoms with Gasteiger partial charge in [0.2, 0.25) is 5.78 Å². The van der Waals surface area contributed by atoms with Gasteiger partial charge in [-0.3, -0.25) is 4.79 Å². The Hall–Kier alpha value is -1.39. The van der Waals surface area contributed by atoms with E-state index < -0.39 is 0 Å². The number of nitrogen functional groups attached to an aromatic ring is 1. The number of aromatic nitrogens is 1. The third kappa shape index (κ3) is 2.08. The number of ketones is 1. The maximum absolute atomic E-state index is 12.0. The lowest BCUT2D eigenvalue weighted by Gasteiger charge is -2.01. The van der Waals surface area contributed by atoms with E-state index in [1.807, 2.05) is 6.92 Å². The molecule has 1 aromatic carbocycles. The Morgan fingerprint density at radius 1 is 1.50 bits per heavy atom. The number of nitrogens with two attached hydrogens (primary N) is 1. The molecule has 82 valence electrons. The molecule has 2 rings (SSSR count). The molecule has 16 heavy (non-hydrogen) atoms. The summed E-state index contributed by atoms with van der Waals surface area (Å²) in [7, 11) is 0. The Morgan fingerprint density at radius 3 is 2.81 bits per heavy atom. The smallest absolute Gasteiger partial charge is 0.204 e. The van der Waals surface area contributed by atoms with Gasteiger partial charge < -0.3 is 5.73 Å². The minimum absolute atomic E-state index is 0.0764. The first-order valence-corrected chi connectivity index (χ1v) is 5.79. The normalized spacial score (nSPS) is 10.4. The van der Waals surface area contributed by atoms with E-state index in [1.165, 1.54) is 11.3 Å². The number of rotatable bonds is 2. The summed E-state index contributed by atoms with van der Waals surface area (Å²) in [5.74, 6) is -0.0764. The van der Waals surface area contributed by atoms with Crippen molar-refractivity contribution in [2.75, 3.05) is 5.73 Å². The molecule has 0 aliphatic carbocycles. The molecule has 3 nitrogen and oxygen atoms in total. The summed E-state index contributed by atoms with van der Waals surface area (Å²) in [4.78, 5) is 16.6. The van der Waals surface area contributed by atoms with E-state index in [1.54, 1.807) is 24.4 Å². The molecule has 5 heteroatoms. The molecule has 1 heterocycles. The van der Waals surface area contributed by atoms with Gasteiger partial charge in [0, 0.05) is 11.8 Å². The summed E-state index contributed by atoms with van der Waals surface area (Å²) in [6, 6.07) is 4.87. The van der Waals surface area contributed by atoms with Crippen LogP contribution in [-0.2, 0) is 0 Å². The fourth-order valence-electron chi connectivity index (χ4n) is 1.28. The minimum Gasteiger partial charge on any atom is -0.398 e. The second-order valence-corrected chi connectivity index (χ2v) is 4.95. The molecule has 2 N–H and O–H groups in total. The van der Waals surface area contributed by atoms with E-state index in [2.05, 4.69) is 4.98 Å². The predicted molar refractivity (Wildman–Crippen MR) is 66.1 cm³/mol. The van der Waals surface area contributed by atoms with Crippen molar-refractivity contribution >= 4 is 34.4 Å². The number of hydrogen-bond acceptors (Lipinski definition) is 4. The molecule has 0 atom stereocenters. The van der Waals surface area contributed by atoms with E-state index in [0.717, 1.165) is 5.01 Å². The van der Waals surface area contributed by atoms with Crippen LogP contribution in [0.2, 0.25) is 5.02 Å². The van der Waals surface area contributed by atoms with Crippen LogP contribution in [0.15, 0.2) is 24.4 Å². The van der Waals surface area contributed by atoms with E-state index in [9.17, 15) is 4.79 Å². The Morgan fingerprint density at radius 2 is 2.25 bits per heavy atom. The third-order valence-corrected chi connectivity index (χ3v) is 3.35. The number of thiazole rings is 1. The largest absolute Gasteiger partial charge is 0.398 e. The number of carbonyl (C=O) groups is 1. The van der Waals surface area contributed by atoms with Crippen molar-refractivity contribution in [1.29, 1.82) is 0 Å². The number of carbonyl (C=O) groups excluding carboxylic acids is 1. The summed E-state index contributed by atoms with van der Waals surface area (Å²) in [5.41, 5.74) is 6.58. The lowest BCUT2D eigenvalue weighted by atomic mass is 10.1. The maximum atomic E-state index is 12.0. The predicted octanol–water partition coefficient (Wildman–Crippen LogP) is 2.92. The zero-order valence-electron chi connectivity index (χ0n) is 8.53. The Kier molecular flexibility index (Phi) is 2.94. The van der Waals surface area contributed by atoms with Crippen molar-refractivity contribution in [3.05, 3.63) is 44.9 Å². The molecule has 1 aromatic heterocycles. The van der Waals surface area contributed by atoms with Crippen molar-refractivity contribution in [2.24, 2.45) is 0 Å². The van der Waals surface area contributed by atoms with E-state index in [4.69, 9.17) is 17.3 Å². The molecule has 0 bridgehead atoms. The highest BCUT2D eigenvalue weighted by Gasteiger charge is 2.12. The molecule has 0 aliphatic rings. The highest BCUT2D eigenvalue weighted by atomic mass is 35.5. The van der Waals surface area contributed by atoms with E-state index >= 15 is 0 Å². The highest BCUT2D eigenvalue weighted by Crippen LogP contribution is 2.23. The molecule has 0 amide bonds. The van der Waals surface area contributed by atoms with Crippen LogP contribution in [0.5, 0.6) is 0 Å². The molecule has 0 saturated heterocycles. The van der Waals surface area contributed by atoms with Gasteiger partial charge in [-0.15, -0.1) is 11.3 Å². The molecule has 0 fully saturated rings. The quantitative estimate of drug-likeness (QED) is 0.660. The first-order chi connectivity index (χ1) is 7.58. The lowest BCUT2D eigenvalue weighted by Crippen LogP contribution is -1.99. The zero-order chi connectivity index (χ0) is 11.7. The summed E-state index contributed by atoms with van der Waals surface area (Å²) in [6.45, 7) is 1.86. The first kappa shape index (κ1) is 11.1. The van der Waals surface area contributed by atoms with Gasteiger partial charge in [0.25, 0.3) is 0 Å². The minimum atomic E-state index is -0.0764. The van der Waals surface area contributed by atoms with Crippen LogP contribution in [0.25, 0.3) is 0 Å². The summed E-state index contributed by atoms with van der Waals surface area (Å²) >= 11 is 7.23. The first-order valence-electron chi connectivity index (χ1n) is 4.60. The van der Waals surface area contributed by atoms with Gasteiger partial charge in [-0.25, -0.2) is 4.98 Å². The summed E-state index contributed by atoms with van der Waals surface area (Å²) in [5, 5.41) is 1.26. The number of aryl methyl sites for hydroxylation is 1. The highest BCUT2D eigenvalue weighted by molar-refractivity contribution is 7.13. The monoisotopic (exact) mass is 252 g/mol. The van der Waals surface area contributed by atoms with Crippen molar-refractivity contribution in [3.8, 4) is 0 Å².